The van der Waals surface area contributed by atoms with Crippen molar-refractivity contribution in [2.45, 2.75) is 17.3 Å². The minimum atomic E-state index is -5.06. The highest BCUT2D eigenvalue weighted by Crippen LogP contribution is 2.77. The molecule has 2 aliphatic rings. The molecule has 0 aromatic heterocycles. The Kier molecular flexibility index (Phi) is 1.98. The molecule has 0 N–H and O–H groups in total. The molecule has 1 unspecified atom stereocenters. The van der Waals surface area contributed by atoms with Crippen LogP contribution in [0.25, 0.3) is 0 Å². The Balaban J connectivity index is 1.99. The second kappa shape index (κ2) is 3.26. The zero-order valence-electron chi connectivity index (χ0n) is 10.2. The van der Waals surface area contributed by atoms with Crippen LogP contribution in [0.15, 0.2) is 36.4 Å². The molecule has 2 aliphatic carbocycles. The van der Waals surface area contributed by atoms with Gasteiger partial charge in [0.25, 0.3) is 0 Å². The summed E-state index contributed by atoms with van der Waals surface area (Å²) in [6, 6.07) is 6.69. The molecule has 6 heteroatoms. The summed E-state index contributed by atoms with van der Waals surface area (Å²) in [6.45, 7) is 0. The molecule has 0 saturated carbocycles. The van der Waals surface area contributed by atoms with Gasteiger partial charge < -0.3 is 0 Å². The van der Waals surface area contributed by atoms with Gasteiger partial charge in [-0.05, 0) is 11.6 Å². The predicted octanol–water partition coefficient (Wildman–Crippen LogP) is 4.35. The van der Waals surface area contributed by atoms with E-state index in [2.05, 4.69) is 0 Å². The third-order valence-corrected chi connectivity index (χ3v) is 4.36. The van der Waals surface area contributed by atoms with Crippen molar-refractivity contribution in [2.24, 2.45) is 0 Å². The third kappa shape index (κ3) is 1.13. The van der Waals surface area contributed by atoms with Gasteiger partial charge in [-0.3, -0.25) is 0 Å². The van der Waals surface area contributed by atoms with Gasteiger partial charge in [0.2, 0.25) is 0 Å². The minimum Gasteiger partial charge on any atom is -0.232 e. The van der Waals surface area contributed by atoms with E-state index < -0.39 is 40.0 Å². The SMILES string of the molecule is Fc1ccc2c(c1F)C2(C(F)(F)F)C1(F)c2ccccc21. The van der Waals surface area contributed by atoms with Crippen LogP contribution < -0.4 is 0 Å². The summed E-state index contributed by atoms with van der Waals surface area (Å²) >= 11 is 0. The first kappa shape index (κ1) is 12.7. The lowest BCUT2D eigenvalue weighted by atomic mass is 9.88. The number of hydrogen-bond donors (Lipinski definition) is 0. The highest BCUT2D eigenvalue weighted by atomic mass is 19.4. The second-order valence-electron chi connectivity index (χ2n) is 5.24. The fraction of sp³-hybridized carbons (Fsp3) is 0.200. The molecule has 0 aliphatic heterocycles. The van der Waals surface area contributed by atoms with Crippen molar-refractivity contribution >= 4 is 0 Å². The zero-order valence-corrected chi connectivity index (χ0v) is 10.2. The van der Waals surface area contributed by atoms with Crippen molar-refractivity contribution < 1.29 is 26.3 Å². The smallest absolute Gasteiger partial charge is 0.232 e. The molecule has 0 fully saturated rings. The molecule has 0 heterocycles. The van der Waals surface area contributed by atoms with Crippen molar-refractivity contribution in [1.82, 2.24) is 0 Å². The summed E-state index contributed by atoms with van der Waals surface area (Å²) in [5.41, 5.74) is -7.65. The summed E-state index contributed by atoms with van der Waals surface area (Å²) < 4.78 is 82.8. The summed E-state index contributed by atoms with van der Waals surface area (Å²) in [5, 5.41) is 0. The molecule has 0 amide bonds. The molecule has 0 bridgehead atoms. The predicted molar refractivity (Wildman–Crippen MR) is 61.5 cm³/mol. The lowest BCUT2D eigenvalue weighted by molar-refractivity contribution is -0.187. The first-order valence-electron chi connectivity index (χ1n) is 6.12. The summed E-state index contributed by atoms with van der Waals surface area (Å²) in [7, 11) is 0. The molecule has 4 rings (SSSR count). The van der Waals surface area contributed by atoms with Crippen molar-refractivity contribution in [2.75, 3.05) is 0 Å². The molecule has 108 valence electrons. The maximum Gasteiger partial charge on any atom is 0.406 e. The van der Waals surface area contributed by atoms with E-state index in [0.29, 0.717) is 6.07 Å². The van der Waals surface area contributed by atoms with Crippen molar-refractivity contribution in [3.05, 3.63) is 70.3 Å². The van der Waals surface area contributed by atoms with Gasteiger partial charge in [-0.2, -0.15) is 13.2 Å². The van der Waals surface area contributed by atoms with Crippen LogP contribution in [0.4, 0.5) is 26.3 Å². The second-order valence-corrected chi connectivity index (χ2v) is 5.24. The van der Waals surface area contributed by atoms with E-state index in [9.17, 15) is 22.0 Å². The number of alkyl halides is 4. The normalized spacial score (nSPS) is 24.3. The largest absolute Gasteiger partial charge is 0.406 e. The van der Waals surface area contributed by atoms with Crippen LogP contribution in [-0.2, 0) is 11.1 Å². The Morgan fingerprint density at radius 1 is 0.810 bits per heavy atom. The fourth-order valence-electron chi connectivity index (χ4n) is 3.40. The lowest BCUT2D eigenvalue weighted by Crippen LogP contribution is -2.40. The molecular weight excluding hydrogens is 294 g/mol. The third-order valence-electron chi connectivity index (χ3n) is 4.36. The van der Waals surface area contributed by atoms with Gasteiger partial charge in [-0.1, -0.05) is 30.3 Å². The number of hydrogen-bond acceptors (Lipinski definition) is 0. The molecule has 1 atom stereocenters. The van der Waals surface area contributed by atoms with Gasteiger partial charge >= 0.3 is 6.18 Å². The van der Waals surface area contributed by atoms with Gasteiger partial charge in [-0.25, -0.2) is 13.2 Å². The van der Waals surface area contributed by atoms with E-state index in [4.69, 9.17) is 0 Å². The molecular formula is C15H6F6. The average molecular weight is 300 g/mol. The summed E-state index contributed by atoms with van der Waals surface area (Å²) in [6.07, 6.45) is -5.06. The highest BCUT2D eigenvalue weighted by molar-refractivity contribution is 5.76. The van der Waals surface area contributed by atoms with Crippen LogP contribution in [0.1, 0.15) is 22.3 Å². The molecule has 0 saturated heterocycles. The topological polar surface area (TPSA) is 0 Å². The van der Waals surface area contributed by atoms with E-state index in [1.807, 2.05) is 0 Å². The van der Waals surface area contributed by atoms with E-state index >= 15 is 4.39 Å². The van der Waals surface area contributed by atoms with Crippen molar-refractivity contribution in [3.63, 3.8) is 0 Å². The Labute approximate surface area is 115 Å². The van der Waals surface area contributed by atoms with Crippen molar-refractivity contribution in [1.29, 1.82) is 0 Å². The maximum atomic E-state index is 15.1. The number of benzene rings is 2. The number of fused-ring (bicyclic) bond motifs is 2. The van der Waals surface area contributed by atoms with Gasteiger partial charge in [0.15, 0.2) is 22.7 Å². The Morgan fingerprint density at radius 2 is 1.38 bits per heavy atom. The van der Waals surface area contributed by atoms with Crippen LogP contribution in [-0.4, -0.2) is 6.18 Å². The monoisotopic (exact) mass is 300 g/mol. The Morgan fingerprint density at radius 3 is 1.90 bits per heavy atom. The lowest BCUT2D eigenvalue weighted by Gasteiger charge is -2.24. The quantitative estimate of drug-likeness (QED) is 0.687. The Bertz CT molecular complexity index is 768. The van der Waals surface area contributed by atoms with Gasteiger partial charge in [0.1, 0.15) is 0 Å². The minimum absolute atomic E-state index is 0.127. The van der Waals surface area contributed by atoms with Gasteiger partial charge in [0, 0.05) is 16.7 Å². The average Bonchev–Trinajstić information content (AvgIpc) is 3.27. The van der Waals surface area contributed by atoms with Crippen LogP contribution in [0.2, 0.25) is 0 Å². The van der Waals surface area contributed by atoms with Crippen LogP contribution in [0.3, 0.4) is 0 Å². The maximum absolute atomic E-state index is 15.1. The van der Waals surface area contributed by atoms with Crippen LogP contribution in [0, 0.1) is 11.6 Å². The van der Waals surface area contributed by atoms with E-state index in [1.54, 1.807) is 0 Å². The van der Waals surface area contributed by atoms with Gasteiger partial charge in [0.05, 0.1) is 0 Å². The van der Waals surface area contributed by atoms with E-state index in [1.165, 1.54) is 24.3 Å². The first-order valence-corrected chi connectivity index (χ1v) is 6.12. The van der Waals surface area contributed by atoms with Crippen LogP contribution in [0.5, 0.6) is 0 Å². The molecule has 0 spiro atoms. The Hall–Kier alpha value is -1.98. The van der Waals surface area contributed by atoms with Gasteiger partial charge in [-0.15, -0.1) is 0 Å². The standard InChI is InChI=1S/C15H6F6/c16-10-6-5-9-11(12(10)17)13(9,15(19,20)21)14(18)7-3-1-2-4-8(7)14/h1-6H. The number of halogens is 6. The zero-order chi connectivity index (χ0) is 15.2. The molecule has 21 heavy (non-hydrogen) atoms. The molecule has 0 radical (unpaired) electrons. The molecule has 0 nitrogen and oxygen atoms in total. The highest BCUT2D eigenvalue weighted by Gasteiger charge is 2.85. The number of rotatable bonds is 1. The molecule has 2 aromatic rings. The van der Waals surface area contributed by atoms with Crippen molar-refractivity contribution in [3.8, 4) is 0 Å². The van der Waals surface area contributed by atoms with Crippen LogP contribution >= 0.6 is 0 Å². The molecule has 2 aromatic carbocycles. The van der Waals surface area contributed by atoms with E-state index in [-0.39, 0.29) is 11.1 Å². The van der Waals surface area contributed by atoms with E-state index in [0.717, 1.165) is 6.07 Å². The summed E-state index contributed by atoms with van der Waals surface area (Å²) in [5.74, 6) is -3.03. The fourth-order valence-corrected chi connectivity index (χ4v) is 3.40. The summed E-state index contributed by atoms with van der Waals surface area (Å²) in [4.78, 5) is 0. The first-order chi connectivity index (χ1) is 9.78.